The van der Waals surface area contributed by atoms with E-state index < -0.39 is 10.0 Å². The van der Waals surface area contributed by atoms with Crippen molar-refractivity contribution >= 4 is 44.9 Å². The maximum atomic E-state index is 12.3. The predicted octanol–water partition coefficient (Wildman–Crippen LogP) is 3.74. The molecule has 6 nitrogen and oxygen atoms in total. The van der Waals surface area contributed by atoms with Crippen molar-refractivity contribution in [2.75, 3.05) is 5.32 Å². The highest BCUT2D eigenvalue weighted by Crippen LogP contribution is 2.36. The van der Waals surface area contributed by atoms with E-state index in [1.54, 1.807) is 24.3 Å². The molecule has 2 heterocycles. The summed E-state index contributed by atoms with van der Waals surface area (Å²) >= 11 is 6.18. The molecule has 0 aliphatic carbocycles. The summed E-state index contributed by atoms with van der Waals surface area (Å²) in [4.78, 5) is 12.2. The Hall–Kier alpha value is -2.87. The fraction of sp³-hybridized carbons (Fsp3) is 0. The first-order valence-electron chi connectivity index (χ1n) is 7.88. The van der Waals surface area contributed by atoms with Gasteiger partial charge in [-0.3, -0.25) is 4.79 Å². The van der Waals surface area contributed by atoms with Crippen molar-refractivity contribution in [3.63, 3.8) is 0 Å². The van der Waals surface area contributed by atoms with Gasteiger partial charge in [-0.15, -0.1) is 0 Å². The lowest BCUT2D eigenvalue weighted by Crippen LogP contribution is -2.12. The van der Waals surface area contributed by atoms with Gasteiger partial charge in [-0.2, -0.15) is 0 Å². The number of hydrogen-bond donors (Lipinski definition) is 2. The fourth-order valence-electron chi connectivity index (χ4n) is 2.87. The molecule has 0 bridgehead atoms. The lowest BCUT2D eigenvalue weighted by Gasteiger charge is -2.02. The summed E-state index contributed by atoms with van der Waals surface area (Å²) in [5, 5.41) is 8.42. The average Bonchev–Trinajstić information content (AvgIpc) is 3.19. The third-order valence-electron chi connectivity index (χ3n) is 4.16. The van der Waals surface area contributed by atoms with E-state index in [0.29, 0.717) is 27.8 Å². The van der Waals surface area contributed by atoms with E-state index in [0.717, 1.165) is 5.56 Å². The molecule has 1 amide bonds. The van der Waals surface area contributed by atoms with Crippen LogP contribution in [0.1, 0.15) is 11.3 Å². The van der Waals surface area contributed by atoms with Crippen LogP contribution in [0.25, 0.3) is 23.0 Å². The molecular formula is C19H13ClN2O4S. The van der Waals surface area contributed by atoms with Crippen molar-refractivity contribution in [2.24, 2.45) is 5.14 Å². The maximum Gasteiger partial charge on any atom is 0.256 e. The number of fused-ring (bicyclic) bond motifs is 1. The maximum absolute atomic E-state index is 12.3. The number of nitrogens with one attached hydrogen (secondary N) is 1. The van der Waals surface area contributed by atoms with Gasteiger partial charge in [0.2, 0.25) is 10.0 Å². The lowest BCUT2D eigenvalue weighted by molar-refractivity contribution is -0.110. The molecule has 0 atom stereocenters. The first-order valence-corrected chi connectivity index (χ1v) is 9.80. The zero-order valence-corrected chi connectivity index (χ0v) is 15.3. The molecule has 0 radical (unpaired) electrons. The highest BCUT2D eigenvalue weighted by atomic mass is 35.5. The summed E-state index contributed by atoms with van der Waals surface area (Å²) in [6.07, 6.45) is 1.55. The molecule has 27 heavy (non-hydrogen) atoms. The van der Waals surface area contributed by atoms with Crippen LogP contribution in [0.15, 0.2) is 63.9 Å². The minimum absolute atomic E-state index is 0.0696. The first kappa shape index (κ1) is 17.5. The number of nitrogens with two attached hydrogens (primary N) is 1. The fourth-order valence-corrected chi connectivity index (χ4v) is 3.63. The Bertz CT molecular complexity index is 1210. The van der Waals surface area contributed by atoms with Gasteiger partial charge in [-0.25, -0.2) is 13.6 Å². The molecular weight excluding hydrogens is 388 g/mol. The third-order valence-corrected chi connectivity index (χ3v) is 5.40. The number of amides is 1. The molecule has 136 valence electrons. The number of sulfonamides is 1. The number of furan rings is 1. The molecule has 0 fully saturated rings. The Balaban J connectivity index is 1.76. The number of benzene rings is 2. The van der Waals surface area contributed by atoms with Crippen molar-refractivity contribution < 1.29 is 17.6 Å². The summed E-state index contributed by atoms with van der Waals surface area (Å²) < 4.78 is 29.0. The topological polar surface area (TPSA) is 102 Å². The van der Waals surface area contributed by atoms with Crippen LogP contribution in [0.5, 0.6) is 0 Å². The average molecular weight is 401 g/mol. The molecule has 0 saturated carbocycles. The summed E-state index contributed by atoms with van der Waals surface area (Å²) in [6, 6.07) is 14.9. The van der Waals surface area contributed by atoms with Crippen molar-refractivity contribution in [3.05, 3.63) is 70.9 Å². The smallest absolute Gasteiger partial charge is 0.256 e. The number of carbonyl (C=O) groups is 1. The zero-order chi connectivity index (χ0) is 19.2. The van der Waals surface area contributed by atoms with Crippen LogP contribution in [0.4, 0.5) is 5.69 Å². The highest BCUT2D eigenvalue weighted by Gasteiger charge is 2.26. The SMILES string of the molecule is NS(=O)(=O)c1ccc2c(c1)/C(=C\c1ccc(-c3ccccc3Cl)o1)C(=O)N2. The Morgan fingerprint density at radius 2 is 1.81 bits per heavy atom. The van der Waals surface area contributed by atoms with Crippen LogP contribution in [0.3, 0.4) is 0 Å². The van der Waals surface area contributed by atoms with Crippen molar-refractivity contribution in [2.45, 2.75) is 4.90 Å². The van der Waals surface area contributed by atoms with Crippen molar-refractivity contribution in [1.29, 1.82) is 0 Å². The largest absolute Gasteiger partial charge is 0.457 e. The van der Waals surface area contributed by atoms with Crippen molar-refractivity contribution in [1.82, 2.24) is 0 Å². The standard InChI is InChI=1S/C19H13ClN2O4S/c20-16-4-2-1-3-13(16)18-8-5-11(26-18)9-15-14-10-12(27(21,24)25)6-7-17(14)22-19(15)23/h1-10H,(H,22,23)(H2,21,24,25)/b15-9+. The lowest BCUT2D eigenvalue weighted by atomic mass is 10.1. The van der Waals surface area contributed by atoms with Gasteiger partial charge in [0, 0.05) is 16.8 Å². The van der Waals surface area contributed by atoms with Gasteiger partial charge in [0.1, 0.15) is 11.5 Å². The van der Waals surface area contributed by atoms with Crippen LogP contribution in [0, 0.1) is 0 Å². The third kappa shape index (κ3) is 3.28. The zero-order valence-electron chi connectivity index (χ0n) is 13.8. The molecule has 2 aromatic carbocycles. The van der Waals surface area contributed by atoms with Gasteiger partial charge in [0.05, 0.1) is 15.5 Å². The van der Waals surface area contributed by atoms with Crippen LogP contribution in [-0.2, 0) is 14.8 Å². The molecule has 1 aliphatic rings. The quantitative estimate of drug-likeness (QED) is 0.653. The molecule has 0 spiro atoms. The molecule has 1 aliphatic heterocycles. The van der Waals surface area contributed by atoms with E-state index >= 15 is 0 Å². The van der Waals surface area contributed by atoms with E-state index in [2.05, 4.69) is 5.32 Å². The molecule has 3 aromatic rings. The second-order valence-electron chi connectivity index (χ2n) is 5.95. The van der Waals surface area contributed by atoms with Crippen LogP contribution in [-0.4, -0.2) is 14.3 Å². The second-order valence-corrected chi connectivity index (χ2v) is 7.92. The van der Waals surface area contributed by atoms with E-state index in [1.807, 2.05) is 18.2 Å². The second kappa shape index (κ2) is 6.38. The summed E-state index contributed by atoms with van der Waals surface area (Å²) in [5.74, 6) is 0.639. The van der Waals surface area contributed by atoms with Gasteiger partial charge in [-0.1, -0.05) is 23.7 Å². The summed E-state index contributed by atoms with van der Waals surface area (Å²) in [5.41, 5.74) is 1.98. The summed E-state index contributed by atoms with van der Waals surface area (Å²) in [7, 11) is -3.88. The minimum Gasteiger partial charge on any atom is -0.457 e. The minimum atomic E-state index is -3.88. The molecule has 4 rings (SSSR count). The molecule has 0 saturated heterocycles. The first-order chi connectivity index (χ1) is 12.8. The Labute approximate surface area is 160 Å². The Morgan fingerprint density at radius 1 is 1.04 bits per heavy atom. The normalized spacial score (nSPS) is 15.0. The van der Waals surface area contributed by atoms with Crippen molar-refractivity contribution in [3.8, 4) is 11.3 Å². The molecule has 0 unspecified atom stereocenters. The highest BCUT2D eigenvalue weighted by molar-refractivity contribution is 7.89. The van der Waals surface area contributed by atoms with E-state index in [1.165, 1.54) is 18.2 Å². The van der Waals surface area contributed by atoms with Gasteiger partial charge in [-0.05, 0) is 48.5 Å². The Kier molecular flexibility index (Phi) is 4.15. The van der Waals surface area contributed by atoms with Gasteiger partial charge >= 0.3 is 0 Å². The van der Waals surface area contributed by atoms with Crippen LogP contribution in [0.2, 0.25) is 5.02 Å². The monoisotopic (exact) mass is 400 g/mol. The summed E-state index contributed by atoms with van der Waals surface area (Å²) in [6.45, 7) is 0. The van der Waals surface area contributed by atoms with E-state index in [4.69, 9.17) is 21.2 Å². The molecule has 8 heteroatoms. The number of carbonyl (C=O) groups excluding carboxylic acids is 1. The number of hydrogen-bond acceptors (Lipinski definition) is 4. The number of halogens is 1. The Morgan fingerprint density at radius 3 is 2.56 bits per heavy atom. The van der Waals surface area contributed by atoms with Crippen LogP contribution < -0.4 is 10.5 Å². The number of rotatable bonds is 3. The molecule has 3 N–H and O–H groups in total. The van der Waals surface area contributed by atoms with E-state index in [-0.39, 0.29) is 16.4 Å². The van der Waals surface area contributed by atoms with Gasteiger partial charge < -0.3 is 9.73 Å². The predicted molar refractivity (Wildman–Crippen MR) is 103 cm³/mol. The molecule has 1 aromatic heterocycles. The van der Waals surface area contributed by atoms with Gasteiger partial charge in [0.25, 0.3) is 5.91 Å². The van der Waals surface area contributed by atoms with E-state index in [9.17, 15) is 13.2 Å². The number of anilines is 1. The number of primary sulfonamides is 1. The van der Waals surface area contributed by atoms with Crippen LogP contribution >= 0.6 is 11.6 Å². The van der Waals surface area contributed by atoms with Gasteiger partial charge in [0.15, 0.2) is 0 Å².